The highest BCUT2D eigenvalue weighted by molar-refractivity contribution is 5.95. The maximum absolute atomic E-state index is 13.2. The molecule has 2 aromatic rings. The first-order valence-corrected chi connectivity index (χ1v) is 26.3. The van der Waals surface area contributed by atoms with Crippen LogP contribution in [0.1, 0.15) is 123 Å². The number of imidazole rings is 1. The second-order valence-electron chi connectivity index (χ2n) is 19.5. The van der Waals surface area contributed by atoms with Gasteiger partial charge < -0.3 is 47.1 Å². The number of carbonyl (C=O) groups excluding carboxylic acids is 9. The average molecular weight is 1020 g/mol. The Hall–Kier alpha value is -5.70. The van der Waals surface area contributed by atoms with E-state index in [1.165, 1.54) is 12.5 Å². The third-order valence-electron chi connectivity index (χ3n) is 13.5. The molecular formula is C53H85N11O9. The van der Waals surface area contributed by atoms with Gasteiger partial charge in [-0.3, -0.25) is 48.1 Å². The quantitative estimate of drug-likeness (QED) is 0.0474. The summed E-state index contributed by atoms with van der Waals surface area (Å²) in [6, 6.07) is 5.82. The normalized spacial score (nSPS) is 14.7. The van der Waals surface area contributed by atoms with Crippen molar-refractivity contribution in [2.45, 2.75) is 143 Å². The molecule has 8 N–H and O–H groups in total. The highest BCUT2D eigenvalue weighted by Crippen LogP contribution is 2.27. The number of Topliss-reactive ketones (excluding diaryl/α,β-unsaturated/α-hetero) is 4. The Morgan fingerprint density at radius 1 is 0.712 bits per heavy atom. The second kappa shape index (κ2) is 33.2. The lowest BCUT2D eigenvalue weighted by Crippen LogP contribution is -2.59. The van der Waals surface area contributed by atoms with Gasteiger partial charge in [-0.2, -0.15) is 0 Å². The lowest BCUT2D eigenvalue weighted by atomic mass is 9.89. The molecule has 1 aromatic heterocycles. The summed E-state index contributed by atoms with van der Waals surface area (Å²) in [5.74, 6) is -4.10. The number of aromatic amines is 1. The molecule has 20 heteroatoms. The molecule has 0 bridgehead atoms. The molecule has 1 aliphatic heterocycles. The molecule has 0 spiro atoms. The van der Waals surface area contributed by atoms with Crippen LogP contribution in [0, 0.1) is 5.92 Å². The number of hydrogen-bond acceptors (Lipinski definition) is 14. The molecule has 1 saturated heterocycles. The molecule has 3 rings (SSSR count). The standard InChI is InChI=1S/C53H85N11O9/c1-7-62-27-28-63(8-2)36-53(35-62,64(9-3)10-4)25-12-26-55-32-44(67)29-40-17-15-39(16-18-40)13-11-14-48(70)57-33-43(66)20-23-50(72)61-51(38(5)6)46(68)21-24-49(71)60-45(30-41-31-56-37-59-41)52(73)58-34-42(65)19-22-47(54)69/h15-18,31,37-38,45,51,55H,7-14,19-30,32-36H2,1-6H3,(H2,54,69)(H,56,59)(H,57,70)(H,58,73)(H,60,71)(H,61,72)/t45-,51-/m0/s1. The first kappa shape index (κ1) is 61.6. The Morgan fingerprint density at radius 3 is 1.90 bits per heavy atom. The Bertz CT molecular complexity index is 2060. The maximum atomic E-state index is 13.2. The third-order valence-corrected chi connectivity index (χ3v) is 13.5. The average Bonchev–Trinajstić information content (AvgIpc) is 3.81. The highest BCUT2D eigenvalue weighted by atomic mass is 16.2. The number of benzene rings is 1. The number of nitrogens with two attached hydrogens (primary N) is 1. The van der Waals surface area contributed by atoms with E-state index >= 15 is 0 Å². The van der Waals surface area contributed by atoms with E-state index < -0.39 is 47.3 Å². The Labute approximate surface area is 432 Å². The number of H-pyrrole nitrogens is 1. The monoisotopic (exact) mass is 1020 g/mol. The lowest BCUT2D eigenvalue weighted by Gasteiger charge is -2.46. The van der Waals surface area contributed by atoms with E-state index in [0.717, 1.165) is 82.9 Å². The largest absolute Gasteiger partial charge is 0.370 e. The number of primary amides is 1. The first-order valence-electron chi connectivity index (χ1n) is 26.3. The van der Waals surface area contributed by atoms with Gasteiger partial charge >= 0.3 is 0 Å². The van der Waals surface area contributed by atoms with Crippen molar-refractivity contribution in [3.63, 3.8) is 0 Å². The number of nitrogens with zero attached hydrogens (tertiary/aromatic N) is 4. The van der Waals surface area contributed by atoms with Crippen LogP contribution in [-0.4, -0.2) is 173 Å². The predicted octanol–water partition coefficient (Wildman–Crippen LogP) is 1.59. The number of rotatable bonds is 37. The fourth-order valence-electron chi connectivity index (χ4n) is 9.25. The Kier molecular flexibility index (Phi) is 28.0. The second-order valence-corrected chi connectivity index (χ2v) is 19.5. The molecule has 0 radical (unpaired) electrons. The number of carbonyl (C=O) groups is 9. The van der Waals surface area contributed by atoms with Gasteiger partial charge in [-0.05, 0) is 75.5 Å². The van der Waals surface area contributed by atoms with Crippen LogP contribution in [-0.2, 0) is 62.4 Å². The van der Waals surface area contributed by atoms with Crippen LogP contribution in [0.5, 0.6) is 0 Å². The molecule has 20 nitrogen and oxygen atoms in total. The van der Waals surface area contributed by atoms with Crippen molar-refractivity contribution in [3.05, 3.63) is 53.6 Å². The van der Waals surface area contributed by atoms with Gasteiger partial charge in [0.2, 0.25) is 29.5 Å². The van der Waals surface area contributed by atoms with E-state index in [-0.39, 0.29) is 93.4 Å². The van der Waals surface area contributed by atoms with Gasteiger partial charge in [0, 0.05) is 101 Å². The van der Waals surface area contributed by atoms with Gasteiger partial charge in [-0.15, -0.1) is 0 Å². The summed E-state index contributed by atoms with van der Waals surface area (Å²) in [5.41, 5.74) is 7.68. The first-order chi connectivity index (χ1) is 34.9. The number of ketones is 4. The molecular weight excluding hydrogens is 935 g/mol. The smallest absolute Gasteiger partial charge is 0.243 e. The van der Waals surface area contributed by atoms with E-state index in [9.17, 15) is 43.2 Å². The van der Waals surface area contributed by atoms with Crippen molar-refractivity contribution < 1.29 is 43.2 Å². The van der Waals surface area contributed by atoms with Crippen LogP contribution in [0.4, 0.5) is 0 Å². The molecule has 2 heterocycles. The summed E-state index contributed by atoms with van der Waals surface area (Å²) < 4.78 is 0. The van der Waals surface area contributed by atoms with Gasteiger partial charge in [0.25, 0.3) is 0 Å². The van der Waals surface area contributed by atoms with E-state index in [4.69, 9.17) is 5.73 Å². The zero-order valence-electron chi connectivity index (χ0n) is 44.4. The van der Waals surface area contributed by atoms with Crippen LogP contribution in [0.25, 0.3) is 0 Å². The summed E-state index contributed by atoms with van der Waals surface area (Å²) in [5, 5.41) is 13.7. The zero-order valence-corrected chi connectivity index (χ0v) is 44.4. The van der Waals surface area contributed by atoms with Gasteiger partial charge in [0.15, 0.2) is 23.1 Å². The van der Waals surface area contributed by atoms with Gasteiger partial charge in [0.1, 0.15) is 6.04 Å². The minimum atomic E-state index is -1.11. The molecule has 0 aliphatic carbocycles. The molecule has 0 saturated carbocycles. The molecule has 5 amide bonds. The van der Waals surface area contributed by atoms with Crippen LogP contribution in [0.2, 0.25) is 0 Å². The number of likely N-dealkylation sites (N-methyl/N-ethyl adjacent to an activating group) is 3. The van der Waals surface area contributed by atoms with E-state index in [1.54, 1.807) is 13.8 Å². The zero-order chi connectivity index (χ0) is 53.8. The third kappa shape index (κ3) is 23.4. The molecule has 1 fully saturated rings. The minimum absolute atomic E-state index is 0.0181. The van der Waals surface area contributed by atoms with Gasteiger partial charge in [-0.1, -0.05) is 65.8 Å². The Balaban J connectivity index is 1.32. The number of aromatic nitrogens is 2. The van der Waals surface area contributed by atoms with Crippen molar-refractivity contribution in [1.82, 2.24) is 51.3 Å². The number of nitrogens with one attached hydrogen (secondary N) is 6. The molecule has 0 unspecified atom stereocenters. The van der Waals surface area contributed by atoms with Crippen LogP contribution in [0.15, 0.2) is 36.8 Å². The van der Waals surface area contributed by atoms with E-state index in [1.807, 2.05) is 24.3 Å². The van der Waals surface area contributed by atoms with Crippen molar-refractivity contribution in [2.75, 3.05) is 78.5 Å². The van der Waals surface area contributed by atoms with Crippen LogP contribution < -0.4 is 32.3 Å². The van der Waals surface area contributed by atoms with E-state index in [2.05, 4.69) is 78.9 Å². The SMILES string of the molecule is CCN1CCN(CC)CC(CCCNCC(=O)Cc2ccc(CCCC(=O)NCC(=O)CCC(=O)N[C@H](C(=O)CCC(=O)N[C@@H](Cc3cnc[nH]3)C(=O)NCC(=O)CCC(N)=O)C(C)C)cc2)(N(CC)CC)C1. The molecule has 1 aromatic carbocycles. The summed E-state index contributed by atoms with van der Waals surface area (Å²) in [7, 11) is 0. The lowest BCUT2D eigenvalue weighted by molar-refractivity contribution is -0.132. The molecule has 406 valence electrons. The van der Waals surface area contributed by atoms with Crippen LogP contribution >= 0.6 is 0 Å². The fraction of sp³-hybridized carbons (Fsp3) is 0.660. The molecule has 1 aliphatic rings. The minimum Gasteiger partial charge on any atom is -0.370 e. The van der Waals surface area contributed by atoms with Crippen molar-refractivity contribution in [3.8, 4) is 0 Å². The van der Waals surface area contributed by atoms with Gasteiger partial charge in [0.05, 0.1) is 32.0 Å². The maximum Gasteiger partial charge on any atom is 0.243 e. The highest BCUT2D eigenvalue weighted by Gasteiger charge is 2.39. The topological polar surface area (TPSA) is 278 Å². The number of aryl methyl sites for hydroxylation is 1. The van der Waals surface area contributed by atoms with Crippen molar-refractivity contribution in [2.24, 2.45) is 11.7 Å². The van der Waals surface area contributed by atoms with Crippen molar-refractivity contribution in [1.29, 1.82) is 0 Å². The molecule has 2 atom stereocenters. The van der Waals surface area contributed by atoms with Crippen molar-refractivity contribution >= 4 is 52.7 Å². The number of hydrogen-bond donors (Lipinski definition) is 7. The fourth-order valence-corrected chi connectivity index (χ4v) is 9.25. The summed E-state index contributed by atoms with van der Waals surface area (Å²) in [6.07, 6.45) is 5.55. The summed E-state index contributed by atoms with van der Waals surface area (Å²) in [4.78, 5) is 128. The summed E-state index contributed by atoms with van der Waals surface area (Å²) >= 11 is 0. The van der Waals surface area contributed by atoms with Gasteiger partial charge in [-0.25, -0.2) is 4.98 Å². The summed E-state index contributed by atoms with van der Waals surface area (Å²) in [6.45, 7) is 21.5. The predicted molar refractivity (Wildman–Crippen MR) is 279 cm³/mol. The number of amides is 5. The Morgan fingerprint density at radius 2 is 1.32 bits per heavy atom. The van der Waals surface area contributed by atoms with Crippen LogP contribution in [0.3, 0.4) is 0 Å². The van der Waals surface area contributed by atoms with E-state index in [0.29, 0.717) is 31.5 Å². The molecule has 73 heavy (non-hydrogen) atoms.